The van der Waals surface area contributed by atoms with Gasteiger partial charge in [-0.05, 0) is 79.8 Å². The molecule has 1 aliphatic rings. The Hall–Kier alpha value is -3.96. The predicted molar refractivity (Wildman–Crippen MR) is 128 cm³/mol. The molecule has 0 unspecified atom stereocenters. The van der Waals surface area contributed by atoms with Crippen LogP contribution in [0.25, 0.3) is 11.1 Å². The Bertz CT molecular complexity index is 1460. The number of allylic oxidation sites excluding steroid dienone is 2. The van der Waals surface area contributed by atoms with E-state index < -0.39 is 53.4 Å². The molecule has 0 spiro atoms. The summed E-state index contributed by atoms with van der Waals surface area (Å²) in [5.41, 5.74) is -2.74. The molecule has 0 amide bonds. The van der Waals surface area contributed by atoms with Crippen LogP contribution in [-0.2, 0) is 23.7 Å². The zero-order valence-electron chi connectivity index (χ0n) is 20.9. The Morgan fingerprint density at radius 2 is 1.57 bits per heavy atom. The van der Waals surface area contributed by atoms with E-state index in [1.807, 2.05) is 0 Å². The van der Waals surface area contributed by atoms with Gasteiger partial charge >= 0.3 is 18.3 Å². The van der Waals surface area contributed by atoms with Crippen LogP contribution in [0.4, 0.5) is 35.1 Å². The van der Waals surface area contributed by atoms with Crippen LogP contribution in [0.5, 0.6) is 5.75 Å². The number of hydrogen-bond acceptors (Lipinski definition) is 4. The van der Waals surface area contributed by atoms with E-state index in [4.69, 9.17) is 9.47 Å². The molecule has 0 radical (unpaired) electrons. The summed E-state index contributed by atoms with van der Waals surface area (Å²) >= 11 is 0. The van der Waals surface area contributed by atoms with Gasteiger partial charge in [0.05, 0.1) is 23.4 Å². The zero-order chi connectivity index (χ0) is 29.2. The minimum Gasteiger partial charge on any atom is -0.488 e. The first-order valence-electron chi connectivity index (χ1n) is 12.0. The number of benzene rings is 2. The van der Waals surface area contributed by atoms with Crippen LogP contribution in [0.3, 0.4) is 0 Å². The molecule has 1 aromatic heterocycles. The van der Waals surface area contributed by atoms with E-state index in [1.165, 1.54) is 6.92 Å². The maximum Gasteiger partial charge on any atom is 0.416 e. The Morgan fingerprint density at radius 3 is 2.23 bits per heavy atom. The number of pyridine rings is 1. The lowest BCUT2D eigenvalue weighted by molar-refractivity contribution is -0.138. The molecular formula is C28H21F8NO3. The Balaban J connectivity index is 1.85. The van der Waals surface area contributed by atoms with Crippen LogP contribution >= 0.6 is 0 Å². The Morgan fingerprint density at radius 1 is 0.875 bits per heavy atom. The van der Waals surface area contributed by atoms with Gasteiger partial charge < -0.3 is 9.47 Å². The number of rotatable bonds is 7. The lowest BCUT2D eigenvalue weighted by Crippen LogP contribution is -2.13. The summed E-state index contributed by atoms with van der Waals surface area (Å²) in [6.45, 7) is 0.901. The van der Waals surface area contributed by atoms with Gasteiger partial charge in [-0.3, -0.25) is 0 Å². The van der Waals surface area contributed by atoms with Crippen molar-refractivity contribution in [2.45, 2.75) is 45.1 Å². The molecule has 2 aromatic carbocycles. The van der Waals surface area contributed by atoms with Crippen molar-refractivity contribution in [3.8, 4) is 5.75 Å². The number of hydrogen-bond donors (Lipinski definition) is 0. The van der Waals surface area contributed by atoms with E-state index in [0.29, 0.717) is 18.6 Å². The molecular weight excluding hydrogens is 550 g/mol. The van der Waals surface area contributed by atoms with Gasteiger partial charge in [-0.2, -0.15) is 26.3 Å². The maximum atomic E-state index is 14.1. The summed E-state index contributed by atoms with van der Waals surface area (Å²) in [6.07, 6.45) is -8.89. The lowest BCUT2D eigenvalue weighted by Gasteiger charge is -2.18. The zero-order valence-corrected chi connectivity index (χ0v) is 20.9. The Kier molecular flexibility index (Phi) is 8.18. The van der Waals surface area contributed by atoms with Crippen LogP contribution < -0.4 is 4.74 Å². The number of carbonyl (C=O) groups excluding carboxylic acids is 1. The third-order valence-electron chi connectivity index (χ3n) is 6.19. The number of halogens is 8. The van der Waals surface area contributed by atoms with Crippen molar-refractivity contribution in [2.24, 2.45) is 0 Å². The summed E-state index contributed by atoms with van der Waals surface area (Å²) in [6, 6.07) is 6.62. The number of ether oxygens (including phenoxy) is 2. The molecule has 212 valence electrons. The van der Waals surface area contributed by atoms with Gasteiger partial charge in [0.2, 0.25) is 0 Å². The van der Waals surface area contributed by atoms with E-state index in [1.54, 1.807) is 0 Å². The molecule has 0 saturated carbocycles. The van der Waals surface area contributed by atoms with Crippen molar-refractivity contribution in [2.75, 3.05) is 6.61 Å². The minimum absolute atomic E-state index is 0.0634. The van der Waals surface area contributed by atoms with Crippen LogP contribution in [0.1, 0.15) is 64.6 Å². The second-order valence-electron chi connectivity index (χ2n) is 8.89. The van der Waals surface area contributed by atoms with Gasteiger partial charge in [0.1, 0.15) is 29.7 Å². The topological polar surface area (TPSA) is 48.4 Å². The fourth-order valence-corrected chi connectivity index (χ4v) is 4.34. The van der Waals surface area contributed by atoms with Crippen LogP contribution in [0.2, 0.25) is 0 Å². The van der Waals surface area contributed by atoms with Gasteiger partial charge in [0.25, 0.3) is 0 Å². The highest BCUT2D eigenvalue weighted by Crippen LogP contribution is 2.45. The second kappa shape index (κ2) is 11.3. The lowest BCUT2D eigenvalue weighted by atomic mass is 9.96. The first-order valence-corrected chi connectivity index (χ1v) is 12.0. The quantitative estimate of drug-likeness (QED) is 0.212. The molecule has 3 aromatic rings. The van der Waals surface area contributed by atoms with Crippen molar-refractivity contribution in [1.82, 2.24) is 4.98 Å². The molecule has 4 rings (SSSR count). The molecule has 0 fully saturated rings. The maximum absolute atomic E-state index is 14.1. The Labute approximate surface area is 223 Å². The smallest absolute Gasteiger partial charge is 0.416 e. The van der Waals surface area contributed by atoms with Crippen molar-refractivity contribution < 1.29 is 49.4 Å². The van der Waals surface area contributed by atoms with Crippen molar-refractivity contribution in [3.63, 3.8) is 0 Å². The van der Waals surface area contributed by atoms with Crippen molar-refractivity contribution in [1.29, 1.82) is 0 Å². The number of esters is 1. The largest absolute Gasteiger partial charge is 0.488 e. The van der Waals surface area contributed by atoms with Crippen molar-refractivity contribution >= 4 is 17.1 Å². The third kappa shape index (κ3) is 6.43. The summed E-state index contributed by atoms with van der Waals surface area (Å²) in [5.74, 6) is -2.93. The number of alkyl halides is 6. The van der Waals surface area contributed by atoms with E-state index in [-0.39, 0.29) is 53.2 Å². The molecule has 1 heterocycles. The molecule has 12 heteroatoms. The van der Waals surface area contributed by atoms with Gasteiger partial charge in [0.15, 0.2) is 0 Å². The highest BCUT2D eigenvalue weighted by molar-refractivity contribution is 5.95. The molecule has 0 bridgehead atoms. The SMILES string of the molecule is CCOC(=O)c1cc(C(F)(F)F)cc(C2=C(c3cc(C(F)(F)F)ccc3OCc3ccc(F)cc3F)CCC2)n1. The highest BCUT2D eigenvalue weighted by Gasteiger charge is 2.35. The standard InChI is InChI=1S/C28H21F8NO3/c1-2-39-26(38)24-12-17(28(34,35)36)11-23(37-24)20-5-3-4-19(20)21-10-16(27(31,32)33)7-9-25(21)40-14-15-6-8-18(29)13-22(15)30/h6-13H,2-5,14H2,1H3. The average molecular weight is 571 g/mol. The normalized spacial score (nSPS) is 14.0. The monoisotopic (exact) mass is 571 g/mol. The summed E-state index contributed by atoms with van der Waals surface area (Å²) < 4.78 is 120. The molecule has 40 heavy (non-hydrogen) atoms. The van der Waals surface area contributed by atoms with E-state index in [0.717, 1.165) is 36.4 Å². The van der Waals surface area contributed by atoms with Crippen LogP contribution in [0.15, 0.2) is 48.5 Å². The van der Waals surface area contributed by atoms with E-state index in [2.05, 4.69) is 4.98 Å². The molecule has 1 aliphatic carbocycles. The van der Waals surface area contributed by atoms with Crippen molar-refractivity contribution in [3.05, 3.63) is 93.8 Å². The molecule has 0 N–H and O–H groups in total. The fourth-order valence-electron chi connectivity index (χ4n) is 4.34. The fraction of sp³-hybridized carbons (Fsp3) is 0.286. The molecule has 4 nitrogen and oxygen atoms in total. The first kappa shape index (κ1) is 29.0. The van der Waals surface area contributed by atoms with Gasteiger partial charge in [-0.1, -0.05) is 0 Å². The van der Waals surface area contributed by atoms with Gasteiger partial charge in [0, 0.05) is 17.2 Å². The minimum atomic E-state index is -4.85. The number of aromatic nitrogens is 1. The summed E-state index contributed by atoms with van der Waals surface area (Å²) in [4.78, 5) is 16.3. The van der Waals surface area contributed by atoms with Gasteiger partial charge in [-0.15, -0.1) is 0 Å². The van der Waals surface area contributed by atoms with Crippen LogP contribution in [0, 0.1) is 11.6 Å². The first-order chi connectivity index (χ1) is 18.8. The van der Waals surface area contributed by atoms with E-state index >= 15 is 0 Å². The molecule has 0 atom stereocenters. The van der Waals surface area contributed by atoms with Crippen LogP contribution in [-0.4, -0.2) is 17.6 Å². The van der Waals surface area contributed by atoms with E-state index in [9.17, 15) is 39.9 Å². The summed E-state index contributed by atoms with van der Waals surface area (Å²) in [7, 11) is 0. The molecule has 0 aliphatic heterocycles. The average Bonchev–Trinajstić information content (AvgIpc) is 3.37. The highest BCUT2D eigenvalue weighted by atomic mass is 19.4. The predicted octanol–water partition coefficient (Wildman–Crippen LogP) is 8.25. The van der Waals surface area contributed by atoms with Gasteiger partial charge in [-0.25, -0.2) is 18.6 Å². The molecule has 0 saturated heterocycles. The number of nitrogens with zero attached hydrogens (tertiary/aromatic N) is 1. The summed E-state index contributed by atoms with van der Waals surface area (Å²) in [5, 5.41) is 0. The number of carbonyl (C=O) groups is 1. The third-order valence-corrected chi connectivity index (χ3v) is 6.19. The second-order valence-corrected chi connectivity index (χ2v) is 8.89.